The van der Waals surface area contributed by atoms with Gasteiger partial charge in [0.05, 0.1) is 18.6 Å². The summed E-state index contributed by atoms with van der Waals surface area (Å²) in [5, 5.41) is 14.1. The van der Waals surface area contributed by atoms with Crippen LogP contribution in [0.5, 0.6) is 0 Å². The van der Waals surface area contributed by atoms with Crippen molar-refractivity contribution in [2.45, 2.75) is 69.3 Å². The number of unbranched alkanes of at least 4 members (excludes halogenated alkanes) is 3. The van der Waals surface area contributed by atoms with Gasteiger partial charge < -0.3 is 29.7 Å². The fourth-order valence-corrected chi connectivity index (χ4v) is 7.23. The topological polar surface area (TPSA) is 125 Å². The maximum Gasteiger partial charge on any atom is 0.313 e. The van der Waals surface area contributed by atoms with Crippen LogP contribution in [0, 0.1) is 11.8 Å². The maximum atomic E-state index is 14.7. The van der Waals surface area contributed by atoms with Gasteiger partial charge in [0.2, 0.25) is 11.8 Å². The van der Waals surface area contributed by atoms with Gasteiger partial charge in [0.15, 0.2) is 0 Å². The van der Waals surface area contributed by atoms with Crippen LogP contribution in [-0.2, 0) is 28.7 Å². The molecule has 2 aromatic carbocycles. The summed E-state index contributed by atoms with van der Waals surface area (Å²) in [4.78, 5) is 58.5. The lowest BCUT2D eigenvalue weighted by molar-refractivity contribution is -0.158. The number of esters is 1. The summed E-state index contributed by atoms with van der Waals surface area (Å²) < 4.78 is 12.5. The molecule has 0 aliphatic carbocycles. The number of hydrogen-bond donors (Lipinski definition) is 2. The van der Waals surface area contributed by atoms with Crippen molar-refractivity contribution in [1.82, 2.24) is 10.2 Å². The third-order valence-corrected chi connectivity index (χ3v) is 9.39. The number of allylic oxidation sites excluding steroid dienone is 1. The van der Waals surface area contributed by atoms with Gasteiger partial charge in [0.25, 0.3) is 5.91 Å². The number of ether oxygens (including phenoxy) is 2. The normalized spacial score (nSPS) is 30.9. The molecule has 3 amide bonds. The Hall–Kier alpha value is -4.02. The molecule has 4 heterocycles. The second-order valence-electron chi connectivity index (χ2n) is 12.4. The Balaban J connectivity index is 1.39. The number of hydrogen-bond acceptors (Lipinski definition) is 7. The molecule has 10 heteroatoms. The number of amides is 3. The largest absolute Gasteiger partial charge is 0.460 e. The molecule has 2 fully saturated rings. The van der Waals surface area contributed by atoms with Crippen molar-refractivity contribution in [1.29, 1.82) is 0 Å². The molecule has 45 heavy (non-hydrogen) atoms. The Bertz CT molecular complexity index is 1520. The van der Waals surface area contributed by atoms with Crippen LogP contribution in [0.3, 0.4) is 0 Å². The van der Waals surface area contributed by atoms with Crippen molar-refractivity contribution in [3.63, 3.8) is 0 Å². The standard InChI is InChI=1S/C35H41N3O7/c1-23-22-36-28(40)14-7-6-13-27-29(34(43)44-23)30-32(41)38(18-8-2-3-9-20-39)31-33(42)37(19-10-17-35(30,31)45-27)26-16-15-24-11-4-5-12-25(24)21-26/h4-6,10-13,15-17,21,23,27,29-31,39H,2-3,7-9,14,18-20,22H2,1H3,(H,36,40)/b13-6-/t23-,27-,29+,30+,31-,35+/m1/s1. The van der Waals surface area contributed by atoms with Gasteiger partial charge in [-0.2, -0.15) is 0 Å². The van der Waals surface area contributed by atoms with Crippen LogP contribution in [0.1, 0.15) is 45.4 Å². The van der Waals surface area contributed by atoms with E-state index < -0.39 is 41.7 Å². The zero-order valence-corrected chi connectivity index (χ0v) is 25.6. The summed E-state index contributed by atoms with van der Waals surface area (Å²) in [6.45, 7) is 2.58. The average Bonchev–Trinajstić information content (AvgIpc) is 3.41. The smallest absolute Gasteiger partial charge is 0.313 e. The first-order valence-corrected chi connectivity index (χ1v) is 16.0. The number of carbonyl (C=O) groups is 4. The minimum Gasteiger partial charge on any atom is -0.460 e. The van der Waals surface area contributed by atoms with Crippen molar-refractivity contribution in [3.8, 4) is 0 Å². The van der Waals surface area contributed by atoms with E-state index in [0.717, 1.165) is 23.6 Å². The van der Waals surface area contributed by atoms with Crippen LogP contribution in [0.4, 0.5) is 5.69 Å². The number of likely N-dealkylation sites (tertiary alicyclic amines) is 1. The molecular weight excluding hydrogens is 574 g/mol. The van der Waals surface area contributed by atoms with Crippen LogP contribution < -0.4 is 10.2 Å². The predicted octanol–water partition coefficient (Wildman–Crippen LogP) is 3.27. The first-order valence-electron chi connectivity index (χ1n) is 16.0. The van der Waals surface area contributed by atoms with Gasteiger partial charge in [-0.25, -0.2) is 0 Å². The maximum absolute atomic E-state index is 14.7. The summed E-state index contributed by atoms with van der Waals surface area (Å²) in [6.07, 6.45) is 9.45. The Kier molecular flexibility index (Phi) is 9.05. The molecule has 4 aliphatic heterocycles. The lowest BCUT2D eigenvalue weighted by Crippen LogP contribution is -2.55. The number of aliphatic hydroxyl groups is 1. The van der Waals surface area contributed by atoms with E-state index in [0.29, 0.717) is 31.5 Å². The SMILES string of the molecule is C[C@@H]1CNC(=O)CC/C=C\[C@H]2O[C@]34C=CCN(c5ccc6ccccc6c5)C(=O)[C@H]3N(CCCCCCO)C(=O)[C@@H]4[C@H]2C(=O)O1. The fraction of sp³-hybridized carbons (Fsp3) is 0.486. The van der Waals surface area contributed by atoms with E-state index in [1.54, 1.807) is 28.9 Å². The number of rotatable bonds is 7. The highest BCUT2D eigenvalue weighted by Crippen LogP contribution is 2.53. The van der Waals surface area contributed by atoms with E-state index >= 15 is 0 Å². The fourth-order valence-electron chi connectivity index (χ4n) is 7.23. The molecule has 1 spiro atoms. The predicted molar refractivity (Wildman–Crippen MR) is 168 cm³/mol. The van der Waals surface area contributed by atoms with Crippen LogP contribution in [0.15, 0.2) is 66.8 Å². The second-order valence-corrected chi connectivity index (χ2v) is 12.4. The highest BCUT2D eigenvalue weighted by Gasteiger charge is 2.71. The van der Waals surface area contributed by atoms with Crippen molar-refractivity contribution in [2.24, 2.45) is 11.8 Å². The van der Waals surface area contributed by atoms with Crippen LogP contribution in [-0.4, -0.2) is 83.8 Å². The first-order chi connectivity index (χ1) is 21.8. The highest BCUT2D eigenvalue weighted by molar-refractivity contribution is 6.06. The van der Waals surface area contributed by atoms with Crippen LogP contribution >= 0.6 is 0 Å². The van der Waals surface area contributed by atoms with Gasteiger partial charge in [-0.15, -0.1) is 0 Å². The van der Waals surface area contributed by atoms with E-state index in [-0.39, 0.29) is 43.8 Å². The van der Waals surface area contributed by atoms with Crippen LogP contribution in [0.2, 0.25) is 0 Å². The Morgan fingerprint density at radius 2 is 1.78 bits per heavy atom. The zero-order valence-electron chi connectivity index (χ0n) is 25.6. The third-order valence-electron chi connectivity index (χ3n) is 9.39. The number of benzene rings is 2. The second kappa shape index (κ2) is 13.1. The molecule has 2 aromatic rings. The summed E-state index contributed by atoms with van der Waals surface area (Å²) in [5.41, 5.74) is -0.657. The van der Waals surface area contributed by atoms with E-state index in [9.17, 15) is 24.3 Å². The molecule has 0 aromatic heterocycles. The van der Waals surface area contributed by atoms with Crippen molar-refractivity contribution in [2.75, 3.05) is 31.1 Å². The van der Waals surface area contributed by atoms with Gasteiger partial charge in [0.1, 0.15) is 23.7 Å². The summed E-state index contributed by atoms with van der Waals surface area (Å²) in [6, 6.07) is 12.8. The van der Waals surface area contributed by atoms with Crippen LogP contribution in [0.25, 0.3) is 10.8 Å². The number of cyclic esters (lactones) is 1. The number of nitrogens with one attached hydrogen (secondary N) is 1. The molecule has 10 nitrogen and oxygen atoms in total. The third kappa shape index (κ3) is 5.89. The van der Waals surface area contributed by atoms with E-state index in [2.05, 4.69) is 5.32 Å². The van der Waals surface area contributed by atoms with E-state index in [1.165, 1.54) is 0 Å². The molecule has 2 saturated heterocycles. The molecule has 2 N–H and O–H groups in total. The zero-order chi connectivity index (χ0) is 31.6. The summed E-state index contributed by atoms with van der Waals surface area (Å²) in [7, 11) is 0. The lowest BCUT2D eigenvalue weighted by atomic mass is 9.78. The Morgan fingerprint density at radius 3 is 2.60 bits per heavy atom. The molecule has 6 atom stereocenters. The number of carbonyl (C=O) groups excluding carboxylic acids is 4. The van der Waals surface area contributed by atoms with Crippen molar-refractivity contribution < 1.29 is 33.8 Å². The highest BCUT2D eigenvalue weighted by atomic mass is 16.6. The minimum absolute atomic E-state index is 0.106. The van der Waals surface area contributed by atoms with Crippen molar-refractivity contribution >= 4 is 40.2 Å². The Morgan fingerprint density at radius 1 is 0.978 bits per heavy atom. The molecule has 4 aliphatic rings. The number of nitrogens with zero attached hydrogens (tertiary/aromatic N) is 2. The number of fused-ring (bicyclic) bond motifs is 3. The number of aliphatic hydroxyl groups excluding tert-OH is 1. The lowest BCUT2D eigenvalue weighted by Gasteiger charge is -2.35. The Labute approximate surface area is 263 Å². The van der Waals surface area contributed by atoms with E-state index in [1.807, 2.05) is 54.6 Å². The first kappa shape index (κ1) is 31.0. The van der Waals surface area contributed by atoms with Gasteiger partial charge >= 0.3 is 5.97 Å². The molecule has 0 bridgehead atoms. The molecule has 238 valence electrons. The van der Waals surface area contributed by atoms with E-state index in [4.69, 9.17) is 9.47 Å². The minimum atomic E-state index is -1.37. The number of anilines is 1. The van der Waals surface area contributed by atoms with Gasteiger partial charge in [0, 0.05) is 31.8 Å². The van der Waals surface area contributed by atoms with Gasteiger partial charge in [-0.1, -0.05) is 67.5 Å². The van der Waals surface area contributed by atoms with Crippen molar-refractivity contribution in [3.05, 3.63) is 66.8 Å². The average molecular weight is 616 g/mol. The summed E-state index contributed by atoms with van der Waals surface area (Å²) in [5.74, 6) is -3.20. The molecular formula is C35H41N3O7. The molecule has 0 radical (unpaired) electrons. The molecule has 6 rings (SSSR count). The van der Waals surface area contributed by atoms with Gasteiger partial charge in [-0.3, -0.25) is 19.2 Å². The molecule has 0 saturated carbocycles. The summed E-state index contributed by atoms with van der Waals surface area (Å²) >= 11 is 0. The quantitative estimate of drug-likeness (QED) is 0.278. The molecule has 0 unspecified atom stereocenters. The monoisotopic (exact) mass is 615 g/mol. The van der Waals surface area contributed by atoms with Gasteiger partial charge in [-0.05, 0) is 49.1 Å².